The molecule has 0 bridgehead atoms. The van der Waals surface area contributed by atoms with E-state index < -0.39 is 0 Å². The Bertz CT molecular complexity index is 877. The van der Waals surface area contributed by atoms with Crippen LogP contribution in [0.1, 0.15) is 29.4 Å². The summed E-state index contributed by atoms with van der Waals surface area (Å²) in [6, 6.07) is 12.7. The lowest BCUT2D eigenvalue weighted by molar-refractivity contribution is 0.286. The Morgan fingerprint density at radius 3 is 2.58 bits per heavy atom. The second-order valence-electron chi connectivity index (χ2n) is 6.12. The molecule has 0 N–H and O–H groups in total. The SMILES string of the molecule is CCn1c(COc2cc(C)ccc2C)nnc1SCc1ccc(F)cc1. The first-order chi connectivity index (χ1) is 12.6. The van der Waals surface area contributed by atoms with Gasteiger partial charge in [0, 0.05) is 12.3 Å². The Labute approximate surface area is 157 Å². The van der Waals surface area contributed by atoms with Crippen molar-refractivity contribution in [2.24, 2.45) is 0 Å². The van der Waals surface area contributed by atoms with E-state index in [1.807, 2.05) is 19.9 Å². The number of aryl methyl sites for hydroxylation is 2. The third kappa shape index (κ3) is 4.43. The number of thioether (sulfide) groups is 1. The summed E-state index contributed by atoms with van der Waals surface area (Å²) in [5.74, 6) is 2.17. The molecule has 3 rings (SSSR count). The topological polar surface area (TPSA) is 39.9 Å². The van der Waals surface area contributed by atoms with Gasteiger partial charge in [0.2, 0.25) is 0 Å². The van der Waals surface area contributed by atoms with Crippen LogP contribution in [0.25, 0.3) is 0 Å². The Kier molecular flexibility index (Phi) is 5.93. The summed E-state index contributed by atoms with van der Waals surface area (Å²) in [5, 5.41) is 9.43. The fraction of sp³-hybridized carbons (Fsp3) is 0.300. The Balaban J connectivity index is 1.67. The highest BCUT2D eigenvalue weighted by Gasteiger charge is 2.13. The van der Waals surface area contributed by atoms with E-state index in [0.717, 1.165) is 45.7 Å². The molecule has 0 fully saturated rings. The molecular weight excluding hydrogens is 349 g/mol. The fourth-order valence-electron chi connectivity index (χ4n) is 2.58. The van der Waals surface area contributed by atoms with E-state index in [4.69, 9.17) is 4.74 Å². The fourth-order valence-corrected chi connectivity index (χ4v) is 3.56. The van der Waals surface area contributed by atoms with E-state index in [1.54, 1.807) is 23.9 Å². The minimum Gasteiger partial charge on any atom is -0.485 e. The molecular formula is C20H22FN3OS. The quantitative estimate of drug-likeness (QED) is 0.553. The van der Waals surface area contributed by atoms with Crippen molar-refractivity contribution in [2.75, 3.05) is 0 Å². The summed E-state index contributed by atoms with van der Waals surface area (Å²) < 4.78 is 21.0. The number of hydrogen-bond donors (Lipinski definition) is 0. The molecule has 1 aromatic heterocycles. The zero-order chi connectivity index (χ0) is 18.5. The number of rotatable bonds is 7. The largest absolute Gasteiger partial charge is 0.485 e. The van der Waals surface area contributed by atoms with Gasteiger partial charge in [-0.15, -0.1) is 10.2 Å². The molecule has 0 radical (unpaired) electrons. The highest BCUT2D eigenvalue weighted by molar-refractivity contribution is 7.98. The Morgan fingerprint density at radius 1 is 1.08 bits per heavy atom. The number of benzene rings is 2. The molecule has 2 aromatic carbocycles. The summed E-state index contributed by atoms with van der Waals surface area (Å²) in [4.78, 5) is 0. The van der Waals surface area contributed by atoms with Crippen LogP contribution >= 0.6 is 11.8 Å². The summed E-state index contributed by atoms with van der Waals surface area (Å²) in [7, 11) is 0. The molecule has 0 amide bonds. The van der Waals surface area contributed by atoms with E-state index in [1.165, 1.54) is 12.1 Å². The zero-order valence-corrected chi connectivity index (χ0v) is 16.0. The molecule has 1 heterocycles. The molecule has 0 aliphatic heterocycles. The summed E-state index contributed by atoms with van der Waals surface area (Å²) in [5.41, 5.74) is 3.32. The van der Waals surface area contributed by atoms with E-state index in [9.17, 15) is 4.39 Å². The van der Waals surface area contributed by atoms with Crippen molar-refractivity contribution in [2.45, 2.75) is 44.8 Å². The predicted molar refractivity (Wildman–Crippen MR) is 102 cm³/mol. The van der Waals surface area contributed by atoms with Gasteiger partial charge in [-0.25, -0.2) is 4.39 Å². The number of aromatic nitrogens is 3. The third-order valence-electron chi connectivity index (χ3n) is 4.09. The van der Waals surface area contributed by atoms with Crippen LogP contribution in [0, 0.1) is 19.7 Å². The van der Waals surface area contributed by atoms with Gasteiger partial charge in [0.25, 0.3) is 0 Å². The summed E-state index contributed by atoms with van der Waals surface area (Å²) in [6.07, 6.45) is 0. The second kappa shape index (κ2) is 8.36. The van der Waals surface area contributed by atoms with Gasteiger partial charge >= 0.3 is 0 Å². The van der Waals surface area contributed by atoms with Crippen LogP contribution in [0.2, 0.25) is 0 Å². The van der Waals surface area contributed by atoms with Crippen LogP contribution in [0.5, 0.6) is 5.75 Å². The Hall–Kier alpha value is -2.34. The van der Waals surface area contributed by atoms with Gasteiger partial charge < -0.3 is 9.30 Å². The van der Waals surface area contributed by atoms with Crippen LogP contribution < -0.4 is 4.74 Å². The standard InChI is InChI=1S/C20H22FN3OS/c1-4-24-19(12-25-18-11-14(2)5-6-15(18)3)22-23-20(24)26-13-16-7-9-17(21)10-8-16/h5-11H,4,12-13H2,1-3H3. The molecule has 6 heteroatoms. The molecule has 0 atom stereocenters. The van der Waals surface area contributed by atoms with Gasteiger partial charge in [-0.2, -0.15) is 0 Å². The first-order valence-electron chi connectivity index (χ1n) is 8.56. The van der Waals surface area contributed by atoms with Crippen LogP contribution in [0.4, 0.5) is 4.39 Å². The molecule has 0 spiro atoms. The van der Waals surface area contributed by atoms with Crippen LogP contribution in [-0.2, 0) is 18.9 Å². The minimum atomic E-state index is -0.221. The van der Waals surface area contributed by atoms with Crippen molar-refractivity contribution in [3.8, 4) is 5.75 Å². The summed E-state index contributed by atoms with van der Waals surface area (Å²) in [6.45, 7) is 7.29. The van der Waals surface area contributed by atoms with Crippen molar-refractivity contribution >= 4 is 11.8 Å². The maximum absolute atomic E-state index is 13.0. The van der Waals surface area contributed by atoms with Crippen molar-refractivity contribution in [3.05, 3.63) is 70.8 Å². The number of nitrogens with zero attached hydrogens (tertiary/aromatic N) is 3. The maximum atomic E-state index is 13.0. The average molecular weight is 371 g/mol. The highest BCUT2D eigenvalue weighted by atomic mass is 32.2. The number of halogens is 1. The van der Waals surface area contributed by atoms with Gasteiger partial charge in [-0.1, -0.05) is 36.0 Å². The number of ether oxygens (including phenoxy) is 1. The lowest BCUT2D eigenvalue weighted by Crippen LogP contribution is -2.07. The predicted octanol–water partition coefficient (Wildman–Crippen LogP) is 4.93. The van der Waals surface area contributed by atoms with Gasteiger partial charge in [0.15, 0.2) is 11.0 Å². The number of hydrogen-bond acceptors (Lipinski definition) is 4. The summed E-state index contributed by atoms with van der Waals surface area (Å²) >= 11 is 1.59. The van der Waals surface area contributed by atoms with Gasteiger partial charge in [-0.3, -0.25) is 0 Å². The smallest absolute Gasteiger partial charge is 0.191 e. The van der Waals surface area contributed by atoms with E-state index in [2.05, 4.69) is 33.8 Å². The van der Waals surface area contributed by atoms with E-state index >= 15 is 0 Å². The Morgan fingerprint density at radius 2 is 1.85 bits per heavy atom. The lowest BCUT2D eigenvalue weighted by Gasteiger charge is -2.11. The van der Waals surface area contributed by atoms with Crippen LogP contribution in [0.15, 0.2) is 47.6 Å². The molecule has 0 aliphatic rings. The van der Waals surface area contributed by atoms with Crippen LogP contribution in [-0.4, -0.2) is 14.8 Å². The van der Waals surface area contributed by atoms with Gasteiger partial charge in [0.1, 0.15) is 18.2 Å². The molecule has 26 heavy (non-hydrogen) atoms. The van der Waals surface area contributed by atoms with Gasteiger partial charge in [0.05, 0.1) is 0 Å². The molecule has 3 aromatic rings. The van der Waals surface area contributed by atoms with Crippen molar-refractivity contribution in [1.82, 2.24) is 14.8 Å². The van der Waals surface area contributed by atoms with Crippen LogP contribution in [0.3, 0.4) is 0 Å². The van der Waals surface area contributed by atoms with E-state index in [0.29, 0.717) is 6.61 Å². The average Bonchev–Trinajstić information content (AvgIpc) is 3.04. The van der Waals surface area contributed by atoms with Crippen molar-refractivity contribution < 1.29 is 9.13 Å². The maximum Gasteiger partial charge on any atom is 0.191 e. The molecule has 0 unspecified atom stereocenters. The van der Waals surface area contributed by atoms with E-state index in [-0.39, 0.29) is 5.82 Å². The first-order valence-corrected chi connectivity index (χ1v) is 9.54. The third-order valence-corrected chi connectivity index (χ3v) is 5.13. The minimum absolute atomic E-state index is 0.221. The molecule has 4 nitrogen and oxygen atoms in total. The zero-order valence-electron chi connectivity index (χ0n) is 15.2. The van der Waals surface area contributed by atoms with Crippen molar-refractivity contribution in [3.63, 3.8) is 0 Å². The normalized spacial score (nSPS) is 10.9. The molecule has 0 saturated carbocycles. The first kappa shape index (κ1) is 18.5. The second-order valence-corrected chi connectivity index (χ2v) is 7.06. The van der Waals surface area contributed by atoms with Crippen molar-refractivity contribution in [1.29, 1.82) is 0 Å². The molecule has 0 saturated heterocycles. The highest BCUT2D eigenvalue weighted by Crippen LogP contribution is 2.24. The monoisotopic (exact) mass is 371 g/mol. The lowest BCUT2D eigenvalue weighted by atomic mass is 10.1. The van der Waals surface area contributed by atoms with Gasteiger partial charge in [-0.05, 0) is 55.7 Å². The molecule has 0 aliphatic carbocycles. The molecule has 136 valence electrons.